The summed E-state index contributed by atoms with van der Waals surface area (Å²) in [5.74, 6) is -0.452. The minimum Gasteiger partial charge on any atom is -0.268 e. The van der Waals surface area contributed by atoms with Crippen molar-refractivity contribution in [1.82, 2.24) is 10.9 Å². The van der Waals surface area contributed by atoms with Crippen molar-refractivity contribution < 1.29 is 22.8 Å². The zero-order valence-corrected chi connectivity index (χ0v) is 15.9. The fourth-order valence-electron chi connectivity index (χ4n) is 3.03. The van der Waals surface area contributed by atoms with Crippen molar-refractivity contribution in [3.8, 4) is 0 Å². The Kier molecular flexibility index (Phi) is 5.88. The highest BCUT2D eigenvalue weighted by Gasteiger charge is 2.30. The van der Waals surface area contributed by atoms with Gasteiger partial charge in [0.05, 0.1) is 10.4 Å². The van der Waals surface area contributed by atoms with E-state index in [2.05, 4.69) is 17.8 Å². The van der Waals surface area contributed by atoms with Crippen LogP contribution in [0.2, 0.25) is 0 Å². The summed E-state index contributed by atoms with van der Waals surface area (Å²) in [7, 11) is 0. The molecule has 1 aliphatic rings. The van der Waals surface area contributed by atoms with E-state index in [1.807, 2.05) is 6.07 Å². The number of thiophene rings is 1. The number of nitrogens with one attached hydrogen (secondary N) is 2. The molecule has 8 heteroatoms. The Balaban J connectivity index is 1.56. The van der Waals surface area contributed by atoms with E-state index in [-0.39, 0.29) is 5.56 Å². The molecule has 0 fully saturated rings. The molecule has 1 atom stereocenters. The van der Waals surface area contributed by atoms with Gasteiger partial charge in [0.15, 0.2) is 0 Å². The van der Waals surface area contributed by atoms with Crippen molar-refractivity contribution in [2.24, 2.45) is 5.92 Å². The van der Waals surface area contributed by atoms with E-state index in [0.717, 1.165) is 37.5 Å². The summed E-state index contributed by atoms with van der Waals surface area (Å²) >= 11 is 1.42. The monoisotopic (exact) mass is 408 g/mol. The Labute approximate surface area is 164 Å². The van der Waals surface area contributed by atoms with E-state index in [9.17, 15) is 22.8 Å². The number of alkyl halides is 3. The van der Waals surface area contributed by atoms with E-state index < -0.39 is 23.6 Å². The lowest BCUT2D eigenvalue weighted by Gasteiger charge is -2.16. The highest BCUT2D eigenvalue weighted by molar-refractivity contribution is 7.14. The van der Waals surface area contributed by atoms with E-state index >= 15 is 0 Å². The average Bonchev–Trinajstić information content (AvgIpc) is 3.07. The molecular formula is C20H19F3N2O2S. The minimum absolute atomic E-state index is 0.233. The minimum atomic E-state index is -4.45. The molecule has 0 unspecified atom stereocenters. The highest BCUT2D eigenvalue weighted by atomic mass is 32.1. The van der Waals surface area contributed by atoms with Gasteiger partial charge in [-0.2, -0.15) is 13.2 Å². The summed E-state index contributed by atoms with van der Waals surface area (Å²) in [4.78, 5) is 25.8. The maximum Gasteiger partial charge on any atom is 0.416 e. The number of benzene rings is 1. The number of hydrogen-bond acceptors (Lipinski definition) is 3. The topological polar surface area (TPSA) is 58.2 Å². The lowest BCUT2D eigenvalue weighted by Crippen LogP contribution is -2.40. The second kappa shape index (κ2) is 8.18. The molecule has 3 rings (SSSR count). The molecule has 0 aliphatic heterocycles. The van der Waals surface area contributed by atoms with Gasteiger partial charge in [0, 0.05) is 11.0 Å². The van der Waals surface area contributed by atoms with Crippen LogP contribution in [-0.2, 0) is 23.8 Å². The molecule has 148 valence electrons. The molecule has 0 radical (unpaired) electrons. The van der Waals surface area contributed by atoms with Crippen molar-refractivity contribution in [2.75, 3.05) is 0 Å². The van der Waals surface area contributed by atoms with E-state index in [4.69, 9.17) is 0 Å². The van der Waals surface area contributed by atoms with Crippen LogP contribution >= 0.6 is 11.3 Å². The zero-order valence-electron chi connectivity index (χ0n) is 15.1. The molecule has 1 aliphatic carbocycles. The predicted octanol–water partition coefficient (Wildman–Crippen LogP) is 4.37. The van der Waals surface area contributed by atoms with Gasteiger partial charge in [0.1, 0.15) is 0 Å². The smallest absolute Gasteiger partial charge is 0.268 e. The number of carbonyl (C=O) groups is 2. The summed E-state index contributed by atoms with van der Waals surface area (Å²) in [6.07, 6.45) is 0.883. The number of halogens is 3. The Morgan fingerprint density at radius 3 is 2.75 bits per heavy atom. The van der Waals surface area contributed by atoms with Crippen LogP contribution in [0.5, 0.6) is 0 Å². The van der Waals surface area contributed by atoms with Crippen LogP contribution in [0.25, 0.3) is 6.08 Å². The lowest BCUT2D eigenvalue weighted by molar-refractivity contribution is -0.137. The van der Waals surface area contributed by atoms with E-state index in [1.54, 1.807) is 0 Å². The Hall–Kier alpha value is -2.61. The third-order valence-electron chi connectivity index (χ3n) is 4.49. The highest BCUT2D eigenvalue weighted by Crippen LogP contribution is 2.32. The number of carbonyl (C=O) groups excluding carboxylic acids is 2. The Morgan fingerprint density at radius 2 is 2.00 bits per heavy atom. The van der Waals surface area contributed by atoms with Crippen molar-refractivity contribution in [2.45, 2.75) is 32.4 Å². The van der Waals surface area contributed by atoms with Crippen molar-refractivity contribution >= 4 is 29.2 Å². The molecule has 4 nitrogen and oxygen atoms in total. The van der Waals surface area contributed by atoms with Crippen LogP contribution in [0.1, 0.15) is 44.6 Å². The van der Waals surface area contributed by atoms with Gasteiger partial charge in [-0.25, -0.2) is 0 Å². The first-order valence-electron chi connectivity index (χ1n) is 8.79. The third kappa shape index (κ3) is 5.01. The van der Waals surface area contributed by atoms with Crippen LogP contribution in [0, 0.1) is 5.92 Å². The number of rotatable bonds is 3. The summed E-state index contributed by atoms with van der Waals surface area (Å²) < 4.78 is 38.1. The Bertz CT molecular complexity index is 918. The van der Waals surface area contributed by atoms with Gasteiger partial charge < -0.3 is 0 Å². The molecule has 2 amide bonds. The number of hydrazine groups is 1. The fourth-order valence-corrected chi connectivity index (χ4v) is 4.13. The molecule has 2 N–H and O–H groups in total. The summed E-state index contributed by atoms with van der Waals surface area (Å²) in [6, 6.07) is 6.48. The van der Waals surface area contributed by atoms with Gasteiger partial charge in [-0.05, 0) is 60.6 Å². The predicted molar refractivity (Wildman–Crippen MR) is 102 cm³/mol. The van der Waals surface area contributed by atoms with Crippen molar-refractivity contribution in [3.63, 3.8) is 0 Å². The summed E-state index contributed by atoms with van der Waals surface area (Å²) in [5.41, 5.74) is 5.20. The second-order valence-electron chi connectivity index (χ2n) is 6.81. The van der Waals surface area contributed by atoms with Crippen LogP contribution < -0.4 is 10.9 Å². The van der Waals surface area contributed by atoms with E-state index in [0.29, 0.717) is 10.8 Å². The van der Waals surface area contributed by atoms with Crippen molar-refractivity contribution in [1.29, 1.82) is 0 Å². The molecule has 1 heterocycles. The van der Waals surface area contributed by atoms with Gasteiger partial charge in [-0.3, -0.25) is 20.4 Å². The standard InChI is InChI=1S/C20H19F3N2O2S/c1-12-5-7-16-14(9-12)11-17(28-16)19(27)25-24-18(26)8-6-13-3-2-4-15(10-13)20(21,22)23/h2-4,6,8,10-12H,5,7,9H2,1H3,(H,24,26)(H,25,27)/b8-6+/t12-/m0/s1. The molecule has 2 aromatic rings. The van der Waals surface area contributed by atoms with Crippen LogP contribution in [0.3, 0.4) is 0 Å². The maximum absolute atomic E-state index is 12.7. The third-order valence-corrected chi connectivity index (χ3v) is 5.73. The number of aryl methyl sites for hydroxylation is 1. The SMILES string of the molecule is C[C@H]1CCc2sc(C(=O)NNC(=O)/C=C/c3cccc(C(F)(F)F)c3)cc2C1. The molecule has 0 saturated heterocycles. The normalized spacial score (nSPS) is 16.6. The van der Waals surface area contributed by atoms with Crippen LogP contribution in [0.15, 0.2) is 36.4 Å². The summed E-state index contributed by atoms with van der Waals surface area (Å²) in [6.45, 7) is 2.18. The average molecular weight is 408 g/mol. The maximum atomic E-state index is 12.7. The second-order valence-corrected chi connectivity index (χ2v) is 7.94. The molecular weight excluding hydrogens is 389 g/mol. The first-order valence-corrected chi connectivity index (χ1v) is 9.61. The number of hydrogen-bond donors (Lipinski definition) is 2. The summed E-state index contributed by atoms with van der Waals surface area (Å²) in [5, 5.41) is 0. The van der Waals surface area contributed by atoms with Crippen LogP contribution in [0.4, 0.5) is 13.2 Å². The van der Waals surface area contributed by atoms with Gasteiger partial charge in [0.2, 0.25) is 0 Å². The molecule has 0 bridgehead atoms. The van der Waals surface area contributed by atoms with Gasteiger partial charge in [-0.15, -0.1) is 11.3 Å². The first-order chi connectivity index (χ1) is 13.2. The fraction of sp³-hybridized carbons (Fsp3) is 0.300. The molecule has 0 saturated carbocycles. The van der Waals surface area contributed by atoms with Gasteiger partial charge >= 0.3 is 6.18 Å². The van der Waals surface area contributed by atoms with Crippen LogP contribution in [-0.4, -0.2) is 11.8 Å². The largest absolute Gasteiger partial charge is 0.416 e. The number of fused-ring (bicyclic) bond motifs is 1. The zero-order chi connectivity index (χ0) is 20.3. The van der Waals surface area contributed by atoms with Gasteiger partial charge in [0.25, 0.3) is 11.8 Å². The molecule has 1 aromatic heterocycles. The first kappa shape index (κ1) is 20.1. The van der Waals surface area contributed by atoms with E-state index in [1.165, 1.54) is 40.0 Å². The molecule has 28 heavy (non-hydrogen) atoms. The number of amides is 2. The molecule has 0 spiro atoms. The lowest BCUT2D eigenvalue weighted by atomic mass is 9.90. The quantitative estimate of drug-likeness (QED) is 0.586. The Morgan fingerprint density at radius 1 is 1.21 bits per heavy atom. The van der Waals surface area contributed by atoms with Crippen molar-refractivity contribution in [3.05, 3.63) is 62.9 Å². The molecule has 1 aromatic carbocycles. The van der Waals surface area contributed by atoms with Gasteiger partial charge in [-0.1, -0.05) is 19.1 Å².